The maximum Gasteiger partial charge on any atom is 0.317 e. The number of benzene rings is 1. The van der Waals surface area contributed by atoms with E-state index < -0.39 is 10.0 Å². The summed E-state index contributed by atoms with van der Waals surface area (Å²) in [4.78, 5) is 13.3. The molecule has 0 aliphatic carbocycles. The van der Waals surface area contributed by atoms with E-state index in [1.54, 1.807) is 19.2 Å². The Balaban J connectivity index is 3.00. The van der Waals surface area contributed by atoms with Crippen LogP contribution in [-0.4, -0.2) is 32.9 Å². The highest BCUT2D eigenvalue weighted by Crippen LogP contribution is 2.21. The number of amides is 2. The molecule has 1 aromatic rings. The molecule has 1 aromatic carbocycles. The van der Waals surface area contributed by atoms with Gasteiger partial charge in [0.25, 0.3) is 0 Å². The van der Waals surface area contributed by atoms with Crippen LogP contribution >= 0.6 is 0 Å². The molecule has 0 bridgehead atoms. The first-order valence-corrected chi connectivity index (χ1v) is 7.45. The molecule has 0 saturated heterocycles. The zero-order chi connectivity index (χ0) is 14.6. The number of urea groups is 1. The van der Waals surface area contributed by atoms with Crippen molar-refractivity contribution in [3.63, 3.8) is 0 Å². The first-order chi connectivity index (χ1) is 8.77. The average molecular weight is 285 g/mol. The molecular formula is C12H19N3O3S. The average Bonchev–Trinajstić information content (AvgIpc) is 2.36. The van der Waals surface area contributed by atoms with E-state index in [2.05, 4.69) is 5.32 Å². The molecule has 1 atom stereocenters. The van der Waals surface area contributed by atoms with Crippen LogP contribution in [0.1, 0.15) is 25.5 Å². The molecule has 106 valence electrons. The molecule has 3 N–H and O–H groups in total. The van der Waals surface area contributed by atoms with E-state index in [-0.39, 0.29) is 17.0 Å². The van der Waals surface area contributed by atoms with Crippen LogP contribution in [0.5, 0.6) is 0 Å². The number of rotatable bonds is 4. The van der Waals surface area contributed by atoms with Crippen LogP contribution in [-0.2, 0) is 10.0 Å². The van der Waals surface area contributed by atoms with Crippen molar-refractivity contribution < 1.29 is 13.2 Å². The Morgan fingerprint density at radius 3 is 2.63 bits per heavy atom. The third kappa shape index (κ3) is 3.93. The van der Waals surface area contributed by atoms with Crippen LogP contribution in [0.15, 0.2) is 29.2 Å². The minimum Gasteiger partial charge on any atom is -0.338 e. The molecule has 0 saturated carbocycles. The Labute approximate surface area is 113 Å². The van der Waals surface area contributed by atoms with Crippen molar-refractivity contribution in [1.82, 2.24) is 10.2 Å². The molecule has 0 aliphatic heterocycles. The number of primary sulfonamides is 1. The molecule has 0 aromatic heterocycles. The molecule has 0 fully saturated rings. The number of sulfonamides is 1. The number of nitrogens with zero attached hydrogens (tertiary/aromatic N) is 1. The van der Waals surface area contributed by atoms with Crippen LogP contribution in [0, 0.1) is 0 Å². The van der Waals surface area contributed by atoms with Crippen LogP contribution in [0.2, 0.25) is 0 Å². The van der Waals surface area contributed by atoms with E-state index in [4.69, 9.17) is 5.14 Å². The van der Waals surface area contributed by atoms with Crippen molar-refractivity contribution in [1.29, 1.82) is 0 Å². The predicted octanol–water partition coefficient (Wildman–Crippen LogP) is 1.06. The monoisotopic (exact) mass is 285 g/mol. The van der Waals surface area contributed by atoms with Gasteiger partial charge in [-0.3, -0.25) is 0 Å². The highest BCUT2D eigenvalue weighted by Gasteiger charge is 2.18. The van der Waals surface area contributed by atoms with Gasteiger partial charge in [-0.15, -0.1) is 0 Å². The fraction of sp³-hybridized carbons (Fsp3) is 0.417. The van der Waals surface area contributed by atoms with Gasteiger partial charge in [-0.05, 0) is 31.5 Å². The first kappa shape index (κ1) is 15.5. The Hall–Kier alpha value is -1.60. The van der Waals surface area contributed by atoms with Gasteiger partial charge in [0.15, 0.2) is 0 Å². The van der Waals surface area contributed by atoms with Gasteiger partial charge in [0.05, 0.1) is 10.9 Å². The summed E-state index contributed by atoms with van der Waals surface area (Å²) in [6, 6.07) is 5.81. The van der Waals surface area contributed by atoms with Gasteiger partial charge in [-0.1, -0.05) is 12.1 Å². The Morgan fingerprint density at radius 2 is 2.11 bits per heavy atom. The summed E-state index contributed by atoms with van der Waals surface area (Å²) < 4.78 is 22.6. The number of nitrogens with two attached hydrogens (primary N) is 1. The third-order valence-corrected chi connectivity index (χ3v) is 3.81. The lowest BCUT2D eigenvalue weighted by molar-refractivity contribution is 0.195. The fourth-order valence-electron chi connectivity index (χ4n) is 1.63. The Morgan fingerprint density at radius 1 is 1.47 bits per heavy atom. The number of hydrogen-bond donors (Lipinski definition) is 2. The number of hydrogen-bond acceptors (Lipinski definition) is 3. The van der Waals surface area contributed by atoms with Crippen LogP contribution in [0.4, 0.5) is 4.79 Å². The molecule has 0 aliphatic rings. The molecule has 0 unspecified atom stereocenters. The fourth-order valence-corrected chi connectivity index (χ4v) is 2.20. The summed E-state index contributed by atoms with van der Waals surface area (Å²) in [5.74, 6) is 0. The van der Waals surface area contributed by atoms with E-state index in [0.29, 0.717) is 12.1 Å². The lowest BCUT2D eigenvalue weighted by Gasteiger charge is -2.25. The largest absolute Gasteiger partial charge is 0.338 e. The molecule has 6 nitrogen and oxygen atoms in total. The molecule has 0 radical (unpaired) electrons. The third-order valence-electron chi connectivity index (χ3n) is 2.90. The molecular weight excluding hydrogens is 266 g/mol. The second-order valence-electron chi connectivity index (χ2n) is 4.24. The van der Waals surface area contributed by atoms with E-state index >= 15 is 0 Å². The van der Waals surface area contributed by atoms with Gasteiger partial charge in [0.1, 0.15) is 0 Å². The Kier molecular flexibility index (Phi) is 4.90. The summed E-state index contributed by atoms with van der Waals surface area (Å²) in [5.41, 5.74) is 0.709. The van der Waals surface area contributed by atoms with E-state index in [9.17, 15) is 13.2 Å². The van der Waals surface area contributed by atoms with Gasteiger partial charge >= 0.3 is 6.03 Å². The van der Waals surface area contributed by atoms with Crippen LogP contribution in [0.3, 0.4) is 0 Å². The second-order valence-corrected chi connectivity index (χ2v) is 5.80. The van der Waals surface area contributed by atoms with Crippen LogP contribution < -0.4 is 10.5 Å². The lowest BCUT2D eigenvalue weighted by Crippen LogP contribution is -2.38. The quantitative estimate of drug-likeness (QED) is 0.866. The molecule has 0 heterocycles. The van der Waals surface area contributed by atoms with E-state index in [1.807, 2.05) is 13.8 Å². The molecule has 19 heavy (non-hydrogen) atoms. The molecule has 0 spiro atoms. The summed E-state index contributed by atoms with van der Waals surface area (Å²) in [5, 5.41) is 7.77. The summed E-state index contributed by atoms with van der Waals surface area (Å²) in [6.07, 6.45) is 0. The highest BCUT2D eigenvalue weighted by atomic mass is 32.2. The molecule has 1 rings (SSSR count). The second kappa shape index (κ2) is 6.03. The molecule has 2 amide bonds. The smallest absolute Gasteiger partial charge is 0.317 e. The summed E-state index contributed by atoms with van der Waals surface area (Å²) in [6.45, 7) is 4.18. The predicted molar refractivity (Wildman–Crippen MR) is 73.1 cm³/mol. The molecule has 7 heteroatoms. The maximum absolute atomic E-state index is 11.7. The SMILES string of the molecule is CCNC(=O)N(C)[C@@H](C)c1cccc(S(N)(=O)=O)c1. The Bertz CT molecular complexity index is 557. The van der Waals surface area contributed by atoms with Gasteiger partial charge in [0.2, 0.25) is 10.0 Å². The number of carbonyl (C=O) groups is 1. The number of carbonyl (C=O) groups excluding carboxylic acids is 1. The highest BCUT2D eigenvalue weighted by molar-refractivity contribution is 7.89. The van der Waals surface area contributed by atoms with E-state index in [1.165, 1.54) is 17.0 Å². The van der Waals surface area contributed by atoms with Crippen molar-refractivity contribution in [2.24, 2.45) is 5.14 Å². The van der Waals surface area contributed by atoms with Crippen molar-refractivity contribution in [3.8, 4) is 0 Å². The number of nitrogens with one attached hydrogen (secondary N) is 1. The maximum atomic E-state index is 11.7. The van der Waals surface area contributed by atoms with Crippen molar-refractivity contribution in [2.45, 2.75) is 24.8 Å². The van der Waals surface area contributed by atoms with Crippen molar-refractivity contribution in [2.75, 3.05) is 13.6 Å². The van der Waals surface area contributed by atoms with E-state index in [0.717, 1.165) is 0 Å². The normalized spacial score (nSPS) is 12.8. The van der Waals surface area contributed by atoms with Gasteiger partial charge in [-0.2, -0.15) is 0 Å². The van der Waals surface area contributed by atoms with Crippen molar-refractivity contribution >= 4 is 16.1 Å². The first-order valence-electron chi connectivity index (χ1n) is 5.90. The van der Waals surface area contributed by atoms with Gasteiger partial charge in [-0.25, -0.2) is 18.4 Å². The zero-order valence-electron chi connectivity index (χ0n) is 11.3. The van der Waals surface area contributed by atoms with Gasteiger partial charge < -0.3 is 10.2 Å². The minimum absolute atomic E-state index is 0.0427. The lowest BCUT2D eigenvalue weighted by atomic mass is 10.1. The van der Waals surface area contributed by atoms with Crippen LogP contribution in [0.25, 0.3) is 0 Å². The summed E-state index contributed by atoms with van der Waals surface area (Å²) in [7, 11) is -2.08. The minimum atomic E-state index is -3.73. The topological polar surface area (TPSA) is 92.5 Å². The zero-order valence-corrected chi connectivity index (χ0v) is 12.1. The standard InChI is InChI=1S/C12H19N3O3S/c1-4-14-12(16)15(3)9(2)10-6-5-7-11(8-10)19(13,17)18/h5-9H,4H2,1-3H3,(H,14,16)(H2,13,17,18)/t9-/m0/s1. The van der Waals surface area contributed by atoms with Gasteiger partial charge in [0, 0.05) is 13.6 Å². The van der Waals surface area contributed by atoms with Crippen molar-refractivity contribution in [3.05, 3.63) is 29.8 Å². The summed E-state index contributed by atoms with van der Waals surface area (Å²) >= 11 is 0.